The molecule has 0 unspecified atom stereocenters. The number of amides is 1. The summed E-state index contributed by atoms with van der Waals surface area (Å²) >= 11 is 0. The van der Waals surface area contributed by atoms with Crippen LogP contribution >= 0.6 is 0 Å². The molecule has 0 bridgehead atoms. The quantitative estimate of drug-likeness (QED) is 0.162. The van der Waals surface area contributed by atoms with Gasteiger partial charge in [0.25, 0.3) is 18.0 Å². The van der Waals surface area contributed by atoms with Crippen molar-refractivity contribution in [3.05, 3.63) is 106 Å². The average molecular weight is 546 g/mol. The third kappa shape index (κ3) is 5.55. The number of nitrogens with zero attached hydrogens (tertiary/aromatic N) is 4. The highest BCUT2D eigenvalue weighted by Crippen LogP contribution is 2.32. The van der Waals surface area contributed by atoms with E-state index in [1.165, 1.54) is 18.2 Å². The lowest BCUT2D eigenvalue weighted by molar-refractivity contribution is -0.384. The van der Waals surface area contributed by atoms with E-state index in [-0.39, 0.29) is 34.0 Å². The SMILES string of the molecule is CCOc1ccc(Oc2cc(NC(=O)c3cnn4c(C(F)F)cc(-c5ccccc5)nc34)cc([N+](=O)[O-])c2)cc1. The Morgan fingerprint density at radius 2 is 1.75 bits per heavy atom. The summed E-state index contributed by atoms with van der Waals surface area (Å²) in [5.74, 6) is 0.369. The Morgan fingerprint density at radius 3 is 2.42 bits per heavy atom. The molecule has 2 aromatic heterocycles. The molecular weight excluding hydrogens is 524 g/mol. The second-order valence-corrected chi connectivity index (χ2v) is 8.46. The van der Waals surface area contributed by atoms with Crippen LogP contribution in [0, 0.1) is 10.1 Å². The van der Waals surface area contributed by atoms with Crippen molar-refractivity contribution in [3.63, 3.8) is 0 Å². The molecule has 0 fully saturated rings. The molecular formula is C28H21F2N5O5. The van der Waals surface area contributed by atoms with Crippen LogP contribution in [0.1, 0.15) is 29.4 Å². The highest BCUT2D eigenvalue weighted by molar-refractivity contribution is 6.08. The van der Waals surface area contributed by atoms with Gasteiger partial charge in [0.1, 0.15) is 28.5 Å². The summed E-state index contributed by atoms with van der Waals surface area (Å²) in [7, 11) is 0. The number of hydrogen-bond acceptors (Lipinski definition) is 7. The van der Waals surface area contributed by atoms with Crippen LogP contribution in [0.15, 0.2) is 85.1 Å². The Morgan fingerprint density at radius 1 is 1.02 bits per heavy atom. The van der Waals surface area contributed by atoms with E-state index in [2.05, 4.69) is 15.4 Å². The van der Waals surface area contributed by atoms with Gasteiger partial charge in [0, 0.05) is 17.7 Å². The van der Waals surface area contributed by atoms with E-state index in [0.717, 1.165) is 16.8 Å². The summed E-state index contributed by atoms with van der Waals surface area (Å²) < 4.78 is 39.8. The number of non-ortho nitro benzene ring substituents is 1. The fraction of sp³-hybridized carbons (Fsp3) is 0.107. The zero-order valence-electron chi connectivity index (χ0n) is 21.0. The summed E-state index contributed by atoms with van der Waals surface area (Å²) in [6.07, 6.45) is -1.77. The number of nitro groups is 1. The minimum atomic E-state index is -2.89. The van der Waals surface area contributed by atoms with Crippen molar-refractivity contribution in [2.45, 2.75) is 13.3 Å². The molecule has 0 aliphatic rings. The number of nitrogens with one attached hydrogen (secondary N) is 1. The molecule has 0 saturated carbocycles. The van der Waals surface area contributed by atoms with Crippen LogP contribution < -0.4 is 14.8 Å². The van der Waals surface area contributed by atoms with E-state index in [1.807, 2.05) is 6.92 Å². The monoisotopic (exact) mass is 545 g/mol. The van der Waals surface area contributed by atoms with Gasteiger partial charge in [-0.15, -0.1) is 0 Å². The number of ether oxygens (including phenoxy) is 2. The molecule has 5 aromatic rings. The average Bonchev–Trinajstić information content (AvgIpc) is 3.38. The maximum absolute atomic E-state index is 13.9. The molecule has 0 radical (unpaired) electrons. The Kier molecular flexibility index (Phi) is 7.31. The van der Waals surface area contributed by atoms with Crippen molar-refractivity contribution in [1.29, 1.82) is 0 Å². The van der Waals surface area contributed by atoms with Gasteiger partial charge < -0.3 is 14.8 Å². The lowest BCUT2D eigenvalue weighted by Gasteiger charge is -2.11. The molecule has 40 heavy (non-hydrogen) atoms. The van der Waals surface area contributed by atoms with Crippen molar-refractivity contribution in [1.82, 2.24) is 14.6 Å². The number of alkyl halides is 2. The Hall–Kier alpha value is -5.39. The van der Waals surface area contributed by atoms with Crippen molar-refractivity contribution in [2.24, 2.45) is 0 Å². The fourth-order valence-electron chi connectivity index (χ4n) is 3.98. The summed E-state index contributed by atoms with van der Waals surface area (Å²) in [4.78, 5) is 28.6. The summed E-state index contributed by atoms with van der Waals surface area (Å²) in [6.45, 7) is 2.35. The largest absolute Gasteiger partial charge is 0.494 e. The maximum Gasteiger partial charge on any atom is 0.280 e. The first-order chi connectivity index (χ1) is 19.3. The summed E-state index contributed by atoms with van der Waals surface area (Å²) in [5.41, 5.74) is -0.0978. The normalized spacial score (nSPS) is 11.0. The smallest absolute Gasteiger partial charge is 0.280 e. The molecule has 10 nitrogen and oxygen atoms in total. The molecule has 2 heterocycles. The minimum Gasteiger partial charge on any atom is -0.494 e. The molecule has 3 aromatic carbocycles. The molecule has 202 valence electrons. The number of rotatable bonds is 9. The fourth-order valence-corrected chi connectivity index (χ4v) is 3.98. The predicted octanol–water partition coefficient (Wildman–Crippen LogP) is 6.69. The number of nitro benzene ring substituents is 1. The molecule has 0 aliphatic heterocycles. The topological polar surface area (TPSA) is 121 Å². The van der Waals surface area contributed by atoms with Gasteiger partial charge in [0.15, 0.2) is 5.65 Å². The van der Waals surface area contributed by atoms with Gasteiger partial charge in [-0.1, -0.05) is 30.3 Å². The highest BCUT2D eigenvalue weighted by Gasteiger charge is 2.22. The highest BCUT2D eigenvalue weighted by atomic mass is 19.3. The third-order valence-electron chi connectivity index (χ3n) is 5.77. The molecule has 0 aliphatic carbocycles. The van der Waals surface area contributed by atoms with E-state index in [4.69, 9.17) is 9.47 Å². The van der Waals surface area contributed by atoms with E-state index in [1.54, 1.807) is 54.6 Å². The summed E-state index contributed by atoms with van der Waals surface area (Å²) in [6, 6.07) is 20.3. The lowest BCUT2D eigenvalue weighted by Crippen LogP contribution is -2.13. The van der Waals surface area contributed by atoms with Crippen LogP contribution in [-0.2, 0) is 0 Å². The van der Waals surface area contributed by atoms with Gasteiger partial charge in [-0.05, 0) is 37.3 Å². The zero-order valence-corrected chi connectivity index (χ0v) is 21.0. The predicted molar refractivity (Wildman–Crippen MR) is 142 cm³/mol. The first-order valence-electron chi connectivity index (χ1n) is 12.1. The van der Waals surface area contributed by atoms with Crippen LogP contribution in [0.3, 0.4) is 0 Å². The number of fused-ring (bicyclic) bond motifs is 1. The molecule has 0 spiro atoms. The first-order valence-corrected chi connectivity index (χ1v) is 12.1. The zero-order chi connectivity index (χ0) is 28.2. The van der Waals surface area contributed by atoms with E-state index in [0.29, 0.717) is 23.7 Å². The molecule has 1 amide bonds. The van der Waals surface area contributed by atoms with Gasteiger partial charge in [-0.3, -0.25) is 14.9 Å². The number of carbonyl (C=O) groups excluding carboxylic acids is 1. The molecule has 0 saturated heterocycles. The number of carbonyl (C=O) groups is 1. The lowest BCUT2D eigenvalue weighted by atomic mass is 10.1. The van der Waals surface area contributed by atoms with E-state index < -0.39 is 22.9 Å². The van der Waals surface area contributed by atoms with Gasteiger partial charge in [-0.2, -0.15) is 5.10 Å². The van der Waals surface area contributed by atoms with Gasteiger partial charge >= 0.3 is 0 Å². The standard InChI is InChI=1S/C28H21F2N5O5/c1-2-39-20-8-10-21(11-9-20)40-22-13-18(12-19(14-22)35(37)38)32-28(36)23-16-31-34-25(26(29)30)15-24(33-27(23)34)17-6-4-3-5-7-17/h3-16,26H,2H2,1H3,(H,32,36). The Bertz CT molecular complexity index is 1690. The van der Waals surface area contributed by atoms with Crippen LogP contribution in [0.4, 0.5) is 20.2 Å². The molecule has 12 heteroatoms. The van der Waals surface area contributed by atoms with E-state index >= 15 is 0 Å². The van der Waals surface area contributed by atoms with Crippen molar-refractivity contribution < 1.29 is 28.0 Å². The van der Waals surface area contributed by atoms with Crippen LogP contribution in [0.5, 0.6) is 17.2 Å². The van der Waals surface area contributed by atoms with Gasteiger partial charge in [0.2, 0.25) is 0 Å². The minimum absolute atomic E-state index is 0.0489. The van der Waals surface area contributed by atoms with Crippen LogP contribution in [0.2, 0.25) is 0 Å². The Labute approximate surface area is 226 Å². The van der Waals surface area contributed by atoms with Crippen molar-refractivity contribution in [3.8, 4) is 28.5 Å². The number of anilines is 1. The van der Waals surface area contributed by atoms with Crippen LogP contribution in [0.25, 0.3) is 16.9 Å². The Balaban J connectivity index is 1.47. The molecule has 5 rings (SSSR count). The number of halogens is 2. The third-order valence-corrected chi connectivity index (χ3v) is 5.77. The number of benzene rings is 3. The van der Waals surface area contributed by atoms with Crippen molar-refractivity contribution in [2.75, 3.05) is 11.9 Å². The van der Waals surface area contributed by atoms with E-state index in [9.17, 15) is 23.7 Å². The summed E-state index contributed by atoms with van der Waals surface area (Å²) in [5, 5.41) is 18.1. The van der Waals surface area contributed by atoms with Gasteiger partial charge in [-0.25, -0.2) is 18.3 Å². The molecule has 1 N–H and O–H groups in total. The van der Waals surface area contributed by atoms with Crippen molar-refractivity contribution >= 4 is 22.9 Å². The first kappa shape index (κ1) is 26.2. The number of aromatic nitrogens is 3. The van der Waals surface area contributed by atoms with Crippen LogP contribution in [-0.4, -0.2) is 32.0 Å². The second kappa shape index (κ2) is 11.2. The maximum atomic E-state index is 13.9. The molecule has 0 atom stereocenters. The second-order valence-electron chi connectivity index (χ2n) is 8.46. The number of hydrogen-bond donors (Lipinski definition) is 1. The van der Waals surface area contributed by atoms with Gasteiger partial charge in [0.05, 0.1) is 35.2 Å².